The van der Waals surface area contributed by atoms with Gasteiger partial charge in [-0.2, -0.15) is 0 Å². The van der Waals surface area contributed by atoms with E-state index < -0.39 is 0 Å². The molecular formula is C10H23FNOP. The number of hydrogen-bond acceptors (Lipinski definition) is 1. The molecule has 2 nitrogen and oxygen atoms in total. The van der Waals surface area contributed by atoms with Crippen molar-refractivity contribution in [1.82, 2.24) is 5.32 Å². The van der Waals surface area contributed by atoms with Crippen LogP contribution < -0.4 is 5.32 Å². The molecule has 1 amide bonds. The quantitative estimate of drug-likeness (QED) is 0.688. The van der Waals surface area contributed by atoms with Crippen LogP contribution in [0.3, 0.4) is 0 Å². The third-order valence-corrected chi connectivity index (χ3v) is 2.32. The highest BCUT2D eigenvalue weighted by molar-refractivity contribution is 7.16. The highest BCUT2D eigenvalue weighted by Crippen LogP contribution is 2.10. The lowest BCUT2D eigenvalue weighted by Crippen LogP contribution is -2.22. The Morgan fingerprint density at radius 2 is 2.00 bits per heavy atom. The normalized spacial score (nSPS) is 11.2. The lowest BCUT2D eigenvalue weighted by molar-refractivity contribution is -0.118. The van der Waals surface area contributed by atoms with E-state index in [1.54, 1.807) is 6.92 Å². The van der Waals surface area contributed by atoms with E-state index in [4.69, 9.17) is 0 Å². The molecule has 0 aromatic rings. The number of carbonyl (C=O) groups excluding carboxylic acids is 1. The van der Waals surface area contributed by atoms with Crippen LogP contribution >= 0.6 is 9.24 Å². The summed E-state index contributed by atoms with van der Waals surface area (Å²) in [5.41, 5.74) is 0. The smallest absolute Gasteiger partial charge is 0.216 e. The molecule has 0 aliphatic rings. The van der Waals surface area contributed by atoms with E-state index in [2.05, 4.69) is 21.5 Å². The molecule has 0 aromatic carbocycles. The summed E-state index contributed by atoms with van der Waals surface area (Å²) in [4.78, 5) is 10.5. The van der Waals surface area contributed by atoms with E-state index in [-0.39, 0.29) is 5.91 Å². The Bertz CT molecular complexity index is 133. The maximum atomic E-state index is 10.5. The SMILES string of the molecule is CC(=O)NCCC(C)CCCP.CF. The van der Waals surface area contributed by atoms with Crippen molar-refractivity contribution in [3.63, 3.8) is 0 Å². The molecule has 0 aliphatic heterocycles. The second-order valence-electron chi connectivity index (χ2n) is 3.31. The Kier molecular flexibility index (Phi) is 14.9. The Labute approximate surface area is 89.2 Å². The Balaban J connectivity index is 0. The summed E-state index contributed by atoms with van der Waals surface area (Å²) in [5.74, 6) is 0.811. The summed E-state index contributed by atoms with van der Waals surface area (Å²) in [6.07, 6.45) is 4.82. The van der Waals surface area contributed by atoms with Gasteiger partial charge in [0.1, 0.15) is 0 Å². The van der Waals surface area contributed by atoms with Gasteiger partial charge in [-0.1, -0.05) is 13.3 Å². The fourth-order valence-electron chi connectivity index (χ4n) is 1.11. The first kappa shape index (κ1) is 16.3. The van der Waals surface area contributed by atoms with Gasteiger partial charge in [-0.3, -0.25) is 9.18 Å². The van der Waals surface area contributed by atoms with Crippen LogP contribution in [0.1, 0.15) is 33.1 Å². The van der Waals surface area contributed by atoms with Crippen LogP contribution in [0.5, 0.6) is 0 Å². The average Bonchev–Trinajstić information content (AvgIpc) is 2.17. The molecule has 0 bridgehead atoms. The minimum atomic E-state index is 0.0771. The standard InChI is InChI=1S/C9H20NOP.CH3F/c1-8(4-3-7-12)5-6-10-9(2)11;1-2/h8H,3-7,12H2,1-2H3,(H,10,11);1H3. The lowest BCUT2D eigenvalue weighted by Gasteiger charge is -2.10. The number of carbonyl (C=O) groups is 1. The molecule has 0 spiro atoms. The van der Waals surface area contributed by atoms with Crippen LogP contribution in [0, 0.1) is 5.92 Å². The highest BCUT2D eigenvalue weighted by atomic mass is 31.0. The van der Waals surface area contributed by atoms with Gasteiger partial charge in [0.05, 0.1) is 7.18 Å². The van der Waals surface area contributed by atoms with Crippen molar-refractivity contribution in [3.05, 3.63) is 0 Å². The summed E-state index contributed by atoms with van der Waals surface area (Å²) in [5, 5.41) is 2.81. The molecule has 14 heavy (non-hydrogen) atoms. The Morgan fingerprint density at radius 3 is 2.43 bits per heavy atom. The summed E-state index contributed by atoms with van der Waals surface area (Å²) >= 11 is 0. The molecule has 0 fully saturated rings. The lowest BCUT2D eigenvalue weighted by atomic mass is 10.0. The predicted octanol–water partition coefficient (Wildman–Crippen LogP) is 2.39. The van der Waals surface area contributed by atoms with Crippen molar-refractivity contribution in [2.24, 2.45) is 5.92 Å². The second kappa shape index (κ2) is 12.8. The average molecular weight is 223 g/mol. The van der Waals surface area contributed by atoms with Crippen molar-refractivity contribution in [2.45, 2.75) is 33.1 Å². The summed E-state index contributed by atoms with van der Waals surface area (Å²) in [7, 11) is 3.24. The van der Waals surface area contributed by atoms with Gasteiger partial charge in [-0.25, -0.2) is 0 Å². The molecule has 0 aliphatic carbocycles. The van der Waals surface area contributed by atoms with Crippen molar-refractivity contribution >= 4 is 15.1 Å². The molecule has 1 N–H and O–H groups in total. The van der Waals surface area contributed by atoms with Gasteiger partial charge in [-0.05, 0) is 24.9 Å². The number of rotatable bonds is 6. The minimum Gasteiger partial charge on any atom is -0.356 e. The molecule has 0 rings (SSSR count). The Hall–Kier alpha value is -0.170. The van der Waals surface area contributed by atoms with Crippen molar-refractivity contribution in [1.29, 1.82) is 0 Å². The van der Waals surface area contributed by atoms with Crippen LogP contribution in [0.4, 0.5) is 4.39 Å². The van der Waals surface area contributed by atoms with Crippen LogP contribution in [0.25, 0.3) is 0 Å². The minimum absolute atomic E-state index is 0.0771. The zero-order valence-corrected chi connectivity index (χ0v) is 10.6. The molecule has 2 atom stereocenters. The molecule has 0 saturated carbocycles. The zero-order chi connectivity index (χ0) is 11.4. The largest absolute Gasteiger partial charge is 0.356 e. The third-order valence-electron chi connectivity index (χ3n) is 1.91. The molecule has 4 heteroatoms. The van der Waals surface area contributed by atoms with Gasteiger partial charge in [0.2, 0.25) is 5.91 Å². The third kappa shape index (κ3) is 14.4. The molecule has 0 radical (unpaired) electrons. The monoisotopic (exact) mass is 223 g/mol. The van der Waals surface area contributed by atoms with Crippen LogP contribution in [-0.4, -0.2) is 25.8 Å². The van der Waals surface area contributed by atoms with E-state index >= 15 is 0 Å². The van der Waals surface area contributed by atoms with Gasteiger partial charge in [0.15, 0.2) is 0 Å². The van der Waals surface area contributed by atoms with Gasteiger partial charge >= 0.3 is 0 Å². The van der Waals surface area contributed by atoms with E-state index in [1.165, 1.54) is 19.0 Å². The molecule has 2 unspecified atom stereocenters. The first-order valence-electron chi connectivity index (χ1n) is 4.99. The summed E-state index contributed by atoms with van der Waals surface area (Å²) in [6.45, 7) is 4.63. The first-order valence-corrected chi connectivity index (χ1v) is 5.80. The molecule has 0 saturated heterocycles. The topological polar surface area (TPSA) is 29.1 Å². The summed E-state index contributed by atoms with van der Waals surface area (Å²) < 4.78 is 9.50. The molecule has 86 valence electrons. The van der Waals surface area contributed by atoms with Crippen LogP contribution in [-0.2, 0) is 4.79 Å². The predicted molar refractivity (Wildman–Crippen MR) is 63.3 cm³/mol. The van der Waals surface area contributed by atoms with Crippen molar-refractivity contribution in [3.8, 4) is 0 Å². The Morgan fingerprint density at radius 1 is 1.43 bits per heavy atom. The molecule has 0 heterocycles. The van der Waals surface area contributed by atoms with E-state index in [9.17, 15) is 9.18 Å². The number of halogens is 1. The van der Waals surface area contributed by atoms with Gasteiger partial charge in [-0.15, -0.1) is 9.24 Å². The number of hydrogen-bond donors (Lipinski definition) is 1. The molecular weight excluding hydrogens is 200 g/mol. The van der Waals surface area contributed by atoms with Gasteiger partial charge < -0.3 is 5.32 Å². The summed E-state index contributed by atoms with van der Waals surface area (Å²) in [6, 6.07) is 0. The van der Waals surface area contributed by atoms with E-state index in [0.717, 1.165) is 18.9 Å². The van der Waals surface area contributed by atoms with Crippen molar-refractivity contribution in [2.75, 3.05) is 19.9 Å². The maximum Gasteiger partial charge on any atom is 0.216 e. The fourth-order valence-corrected chi connectivity index (χ4v) is 1.34. The first-order chi connectivity index (χ1) is 6.66. The number of nitrogens with one attached hydrogen (secondary N) is 1. The highest BCUT2D eigenvalue weighted by Gasteiger charge is 2.00. The van der Waals surface area contributed by atoms with Gasteiger partial charge in [0, 0.05) is 13.5 Å². The van der Waals surface area contributed by atoms with E-state index in [0.29, 0.717) is 7.18 Å². The molecule has 0 aromatic heterocycles. The number of alkyl halides is 1. The van der Waals surface area contributed by atoms with Gasteiger partial charge in [0.25, 0.3) is 0 Å². The maximum absolute atomic E-state index is 10.5. The van der Waals surface area contributed by atoms with Crippen molar-refractivity contribution < 1.29 is 9.18 Å². The second-order valence-corrected chi connectivity index (χ2v) is 3.89. The van der Waals surface area contributed by atoms with E-state index in [1.807, 2.05) is 0 Å². The zero-order valence-electron chi connectivity index (χ0n) is 9.48. The fraction of sp³-hybridized carbons (Fsp3) is 0.900. The number of amides is 1. The van der Waals surface area contributed by atoms with Crippen LogP contribution in [0.15, 0.2) is 0 Å². The van der Waals surface area contributed by atoms with Crippen LogP contribution in [0.2, 0.25) is 0 Å².